The minimum atomic E-state index is 0.820. The third kappa shape index (κ3) is 3.61. The number of halogens is 1. The van der Waals surface area contributed by atoms with E-state index in [2.05, 4.69) is 29.8 Å². The molecule has 1 aliphatic carbocycles. The summed E-state index contributed by atoms with van der Waals surface area (Å²) in [5.41, 5.74) is 0. The molecule has 1 rings (SSSR count). The summed E-state index contributed by atoms with van der Waals surface area (Å²) in [6.07, 6.45) is 9.97. The summed E-state index contributed by atoms with van der Waals surface area (Å²) in [6.45, 7) is 4.62. The maximum atomic E-state index is 3.83. The first-order valence-corrected chi connectivity index (χ1v) is 6.83. The molecule has 78 valence electrons. The Balaban J connectivity index is 2.33. The molecular weight excluding hydrogens is 224 g/mol. The van der Waals surface area contributed by atoms with Gasteiger partial charge in [-0.2, -0.15) is 0 Å². The summed E-state index contributed by atoms with van der Waals surface area (Å²) in [7, 11) is 0. The lowest BCUT2D eigenvalue weighted by Gasteiger charge is -2.33. The minimum absolute atomic E-state index is 0.820. The Hall–Kier alpha value is 0.480. The summed E-state index contributed by atoms with van der Waals surface area (Å²) in [6, 6.07) is 0. The van der Waals surface area contributed by atoms with Crippen LogP contribution in [0.25, 0.3) is 0 Å². The highest BCUT2D eigenvalue weighted by Crippen LogP contribution is 2.38. The SMILES string of the molecule is CCCC1CCC(Br)C(CCC)C1. The molecule has 0 aromatic rings. The Morgan fingerprint density at radius 1 is 1.08 bits per heavy atom. The molecule has 3 atom stereocenters. The van der Waals surface area contributed by atoms with Gasteiger partial charge in [-0.3, -0.25) is 0 Å². The molecule has 3 unspecified atom stereocenters. The topological polar surface area (TPSA) is 0 Å². The molecule has 0 saturated heterocycles. The third-order valence-electron chi connectivity index (χ3n) is 3.35. The summed E-state index contributed by atoms with van der Waals surface area (Å²) in [5, 5.41) is 0. The Kier molecular flexibility index (Phi) is 5.38. The van der Waals surface area contributed by atoms with E-state index in [4.69, 9.17) is 0 Å². The van der Waals surface area contributed by atoms with Crippen LogP contribution in [0.15, 0.2) is 0 Å². The average molecular weight is 247 g/mol. The Bertz CT molecular complexity index is 133. The van der Waals surface area contributed by atoms with E-state index in [0.717, 1.165) is 16.7 Å². The first-order chi connectivity index (χ1) is 6.27. The van der Waals surface area contributed by atoms with Crippen molar-refractivity contribution in [2.75, 3.05) is 0 Å². The number of hydrogen-bond donors (Lipinski definition) is 0. The van der Waals surface area contributed by atoms with Gasteiger partial charge in [0.1, 0.15) is 0 Å². The highest BCUT2D eigenvalue weighted by molar-refractivity contribution is 9.09. The van der Waals surface area contributed by atoms with Crippen molar-refractivity contribution in [3.8, 4) is 0 Å². The molecule has 0 aromatic carbocycles. The van der Waals surface area contributed by atoms with Gasteiger partial charge < -0.3 is 0 Å². The predicted octanol–water partition coefficient (Wildman–Crippen LogP) is 4.77. The van der Waals surface area contributed by atoms with Gasteiger partial charge in [0, 0.05) is 4.83 Å². The van der Waals surface area contributed by atoms with Gasteiger partial charge in [-0.15, -0.1) is 0 Å². The standard InChI is InChI=1S/C12H23Br/c1-3-5-10-7-8-12(13)11(9-10)6-4-2/h10-12H,3-9H2,1-2H3. The van der Waals surface area contributed by atoms with Gasteiger partial charge in [0.2, 0.25) is 0 Å². The van der Waals surface area contributed by atoms with Crippen LogP contribution in [-0.2, 0) is 0 Å². The third-order valence-corrected chi connectivity index (χ3v) is 4.56. The van der Waals surface area contributed by atoms with E-state index < -0.39 is 0 Å². The van der Waals surface area contributed by atoms with Gasteiger partial charge in [0.25, 0.3) is 0 Å². The van der Waals surface area contributed by atoms with Crippen molar-refractivity contribution in [3.05, 3.63) is 0 Å². The fourth-order valence-electron chi connectivity index (χ4n) is 2.66. The number of alkyl halides is 1. The van der Waals surface area contributed by atoms with Crippen molar-refractivity contribution in [3.63, 3.8) is 0 Å². The smallest absolute Gasteiger partial charge is 0.0174 e. The van der Waals surface area contributed by atoms with Crippen molar-refractivity contribution in [2.24, 2.45) is 11.8 Å². The molecule has 0 aromatic heterocycles. The van der Waals surface area contributed by atoms with Crippen molar-refractivity contribution in [2.45, 2.75) is 63.6 Å². The molecule has 1 heteroatoms. The van der Waals surface area contributed by atoms with Crippen LogP contribution in [0, 0.1) is 11.8 Å². The summed E-state index contributed by atoms with van der Waals surface area (Å²) < 4.78 is 0. The second kappa shape index (κ2) is 6.06. The van der Waals surface area contributed by atoms with E-state index in [1.165, 1.54) is 44.9 Å². The molecule has 0 amide bonds. The van der Waals surface area contributed by atoms with Gasteiger partial charge in [-0.25, -0.2) is 0 Å². The Morgan fingerprint density at radius 2 is 1.77 bits per heavy atom. The Morgan fingerprint density at radius 3 is 2.38 bits per heavy atom. The molecule has 1 aliphatic rings. The van der Waals surface area contributed by atoms with E-state index in [0.29, 0.717) is 0 Å². The van der Waals surface area contributed by atoms with Crippen LogP contribution in [0.4, 0.5) is 0 Å². The lowest BCUT2D eigenvalue weighted by molar-refractivity contribution is 0.252. The number of rotatable bonds is 4. The largest absolute Gasteiger partial charge is 0.0888 e. The summed E-state index contributed by atoms with van der Waals surface area (Å²) in [4.78, 5) is 0.820. The molecule has 0 bridgehead atoms. The monoisotopic (exact) mass is 246 g/mol. The van der Waals surface area contributed by atoms with Crippen molar-refractivity contribution >= 4 is 15.9 Å². The van der Waals surface area contributed by atoms with Crippen LogP contribution in [0.5, 0.6) is 0 Å². The molecule has 0 heterocycles. The van der Waals surface area contributed by atoms with Crippen molar-refractivity contribution in [1.82, 2.24) is 0 Å². The van der Waals surface area contributed by atoms with E-state index >= 15 is 0 Å². The van der Waals surface area contributed by atoms with E-state index in [-0.39, 0.29) is 0 Å². The molecule has 0 spiro atoms. The summed E-state index contributed by atoms with van der Waals surface area (Å²) >= 11 is 3.83. The van der Waals surface area contributed by atoms with Gasteiger partial charge >= 0.3 is 0 Å². The first-order valence-electron chi connectivity index (χ1n) is 5.92. The fourth-order valence-corrected chi connectivity index (χ4v) is 3.41. The zero-order valence-corrected chi connectivity index (χ0v) is 10.6. The average Bonchev–Trinajstić information content (AvgIpc) is 2.12. The van der Waals surface area contributed by atoms with Crippen LogP contribution >= 0.6 is 15.9 Å². The van der Waals surface area contributed by atoms with E-state index in [1.807, 2.05) is 0 Å². The van der Waals surface area contributed by atoms with E-state index in [9.17, 15) is 0 Å². The number of hydrogen-bond acceptors (Lipinski definition) is 0. The van der Waals surface area contributed by atoms with Crippen LogP contribution < -0.4 is 0 Å². The molecule has 13 heavy (non-hydrogen) atoms. The normalized spacial score (nSPS) is 34.8. The highest BCUT2D eigenvalue weighted by Gasteiger charge is 2.27. The molecule has 0 aliphatic heterocycles. The molecular formula is C12H23Br. The fraction of sp³-hybridized carbons (Fsp3) is 1.00. The maximum Gasteiger partial charge on any atom is 0.0174 e. The van der Waals surface area contributed by atoms with Gasteiger partial charge in [-0.1, -0.05) is 49.0 Å². The van der Waals surface area contributed by atoms with Crippen molar-refractivity contribution in [1.29, 1.82) is 0 Å². The lowest BCUT2D eigenvalue weighted by Crippen LogP contribution is -2.24. The van der Waals surface area contributed by atoms with Gasteiger partial charge in [0.15, 0.2) is 0 Å². The minimum Gasteiger partial charge on any atom is -0.0888 e. The first kappa shape index (κ1) is 11.6. The van der Waals surface area contributed by atoms with Crippen LogP contribution in [-0.4, -0.2) is 4.83 Å². The van der Waals surface area contributed by atoms with Crippen LogP contribution in [0.2, 0.25) is 0 Å². The second-order valence-corrected chi connectivity index (χ2v) is 5.71. The zero-order valence-electron chi connectivity index (χ0n) is 9.06. The Labute approximate surface area is 91.6 Å². The predicted molar refractivity (Wildman–Crippen MR) is 63.4 cm³/mol. The van der Waals surface area contributed by atoms with E-state index in [1.54, 1.807) is 0 Å². The zero-order chi connectivity index (χ0) is 9.68. The lowest BCUT2D eigenvalue weighted by atomic mass is 9.77. The quantitative estimate of drug-likeness (QED) is 0.628. The van der Waals surface area contributed by atoms with Crippen LogP contribution in [0.1, 0.15) is 58.8 Å². The van der Waals surface area contributed by atoms with Crippen LogP contribution in [0.3, 0.4) is 0 Å². The highest BCUT2D eigenvalue weighted by atomic mass is 79.9. The molecule has 1 saturated carbocycles. The maximum absolute atomic E-state index is 3.83. The summed E-state index contributed by atoms with van der Waals surface area (Å²) in [5.74, 6) is 2.01. The van der Waals surface area contributed by atoms with Crippen molar-refractivity contribution < 1.29 is 0 Å². The molecule has 0 N–H and O–H groups in total. The van der Waals surface area contributed by atoms with Gasteiger partial charge in [0.05, 0.1) is 0 Å². The molecule has 0 nitrogen and oxygen atoms in total. The molecule has 0 radical (unpaired) electrons. The van der Waals surface area contributed by atoms with Gasteiger partial charge in [-0.05, 0) is 37.5 Å². The molecule has 1 fully saturated rings. The second-order valence-electron chi connectivity index (χ2n) is 4.53.